The number of rotatable bonds is 4. The highest BCUT2D eigenvalue weighted by Crippen LogP contribution is 2.32. The summed E-state index contributed by atoms with van der Waals surface area (Å²) in [5.74, 6) is 0. The van der Waals surface area contributed by atoms with Crippen molar-refractivity contribution in [2.45, 2.75) is 11.3 Å². The molecule has 0 bridgehead atoms. The molecular weight excluding hydrogens is 444 g/mol. The Balaban J connectivity index is 1.48. The van der Waals surface area contributed by atoms with E-state index in [9.17, 15) is 18.3 Å². The summed E-state index contributed by atoms with van der Waals surface area (Å²) in [5.41, 5.74) is 4.36. The standard InChI is InChI=1S/C23H24N4O5S/c28-23(29)26-6-4-16(5-7-26)21-15-25-22-20(21)13-18(14-24-22)17-2-1-3-19(12-17)33(30,31)27-8-10-32-11-9-27/h1-4,12-15H,5-11H2,(H,24,25)(H,28,29). The molecule has 3 aromatic rings. The number of nitrogens with one attached hydrogen (secondary N) is 1. The number of fused-ring (bicyclic) bond motifs is 1. The summed E-state index contributed by atoms with van der Waals surface area (Å²) in [5, 5.41) is 10.1. The van der Waals surface area contributed by atoms with Gasteiger partial charge in [-0.15, -0.1) is 0 Å². The van der Waals surface area contributed by atoms with E-state index in [1.54, 1.807) is 24.4 Å². The Bertz CT molecular complexity index is 1340. The fourth-order valence-corrected chi connectivity index (χ4v) is 5.74. The van der Waals surface area contributed by atoms with Crippen LogP contribution in [-0.4, -0.2) is 78.2 Å². The number of morpholine rings is 1. The van der Waals surface area contributed by atoms with Crippen LogP contribution >= 0.6 is 0 Å². The monoisotopic (exact) mass is 468 g/mol. The van der Waals surface area contributed by atoms with Gasteiger partial charge in [-0.2, -0.15) is 4.31 Å². The zero-order chi connectivity index (χ0) is 23.0. The van der Waals surface area contributed by atoms with Crippen LogP contribution in [0.1, 0.15) is 12.0 Å². The number of carbonyl (C=O) groups is 1. The van der Waals surface area contributed by atoms with Gasteiger partial charge in [0.25, 0.3) is 0 Å². The molecule has 2 N–H and O–H groups in total. The van der Waals surface area contributed by atoms with Crippen molar-refractivity contribution in [2.75, 3.05) is 39.4 Å². The third-order valence-corrected chi connectivity index (χ3v) is 8.03. The van der Waals surface area contributed by atoms with E-state index in [4.69, 9.17) is 4.74 Å². The van der Waals surface area contributed by atoms with Gasteiger partial charge in [-0.05, 0) is 35.8 Å². The smallest absolute Gasteiger partial charge is 0.407 e. The van der Waals surface area contributed by atoms with Gasteiger partial charge in [-0.3, -0.25) is 0 Å². The van der Waals surface area contributed by atoms with Crippen molar-refractivity contribution in [3.8, 4) is 11.1 Å². The van der Waals surface area contributed by atoms with E-state index in [0.717, 1.165) is 33.3 Å². The minimum Gasteiger partial charge on any atom is -0.465 e. The van der Waals surface area contributed by atoms with Crippen molar-refractivity contribution in [2.24, 2.45) is 0 Å². The molecule has 2 aromatic heterocycles. The maximum absolute atomic E-state index is 13.1. The number of ether oxygens (including phenoxy) is 1. The molecule has 1 saturated heterocycles. The number of hydrogen-bond donors (Lipinski definition) is 2. The number of aromatic nitrogens is 2. The highest BCUT2D eigenvalue weighted by atomic mass is 32.2. The SMILES string of the molecule is O=C(O)N1CC=C(c2c[nH]c3ncc(-c4cccc(S(=O)(=O)N5CCOCC5)c4)cc23)CC1. The average molecular weight is 469 g/mol. The lowest BCUT2D eigenvalue weighted by Crippen LogP contribution is -2.40. The third-order valence-electron chi connectivity index (χ3n) is 6.13. The summed E-state index contributed by atoms with van der Waals surface area (Å²) in [6.45, 7) is 2.29. The molecule has 172 valence electrons. The second kappa shape index (κ2) is 8.62. The van der Waals surface area contributed by atoms with E-state index >= 15 is 0 Å². The number of nitrogens with zero attached hydrogens (tertiary/aromatic N) is 3. The molecule has 0 spiro atoms. The topological polar surface area (TPSA) is 116 Å². The molecule has 5 rings (SSSR count). The Morgan fingerprint density at radius 2 is 1.94 bits per heavy atom. The van der Waals surface area contributed by atoms with E-state index in [1.807, 2.05) is 24.4 Å². The largest absolute Gasteiger partial charge is 0.465 e. The molecule has 0 radical (unpaired) electrons. The van der Waals surface area contributed by atoms with Crippen LogP contribution in [0.3, 0.4) is 0 Å². The molecular formula is C23H24N4O5S. The van der Waals surface area contributed by atoms with Crippen molar-refractivity contribution in [3.63, 3.8) is 0 Å². The second-order valence-corrected chi connectivity index (χ2v) is 10.0. The van der Waals surface area contributed by atoms with Gasteiger partial charge in [0.15, 0.2) is 0 Å². The summed E-state index contributed by atoms with van der Waals surface area (Å²) < 4.78 is 32.9. The highest BCUT2D eigenvalue weighted by molar-refractivity contribution is 7.89. The predicted molar refractivity (Wildman–Crippen MR) is 123 cm³/mol. The van der Waals surface area contributed by atoms with Crippen molar-refractivity contribution >= 4 is 32.7 Å². The summed E-state index contributed by atoms with van der Waals surface area (Å²) in [4.78, 5) is 20.5. The second-order valence-electron chi connectivity index (χ2n) is 8.07. The normalized spacial score (nSPS) is 17.8. The molecule has 0 atom stereocenters. The first-order valence-corrected chi connectivity index (χ1v) is 12.2. The Kier molecular flexibility index (Phi) is 5.65. The minimum atomic E-state index is -3.60. The first kappa shape index (κ1) is 21.6. The number of pyridine rings is 1. The molecule has 0 aliphatic carbocycles. The summed E-state index contributed by atoms with van der Waals surface area (Å²) in [6, 6.07) is 8.92. The molecule has 1 amide bonds. The Morgan fingerprint density at radius 1 is 1.12 bits per heavy atom. The lowest BCUT2D eigenvalue weighted by molar-refractivity contribution is 0.0730. The van der Waals surface area contributed by atoms with Crippen molar-refractivity contribution in [3.05, 3.63) is 54.4 Å². The fourth-order valence-electron chi connectivity index (χ4n) is 4.29. The van der Waals surface area contributed by atoms with Crippen LogP contribution in [-0.2, 0) is 14.8 Å². The van der Waals surface area contributed by atoms with Crippen molar-refractivity contribution in [1.29, 1.82) is 0 Å². The van der Waals surface area contributed by atoms with Gasteiger partial charge in [0.05, 0.1) is 18.1 Å². The zero-order valence-electron chi connectivity index (χ0n) is 17.9. The Hall–Kier alpha value is -3.21. The highest BCUT2D eigenvalue weighted by Gasteiger charge is 2.26. The van der Waals surface area contributed by atoms with Crippen LogP contribution in [0.5, 0.6) is 0 Å². The first-order chi connectivity index (χ1) is 15.9. The van der Waals surface area contributed by atoms with Gasteiger partial charge in [0, 0.05) is 55.1 Å². The summed E-state index contributed by atoms with van der Waals surface area (Å²) in [7, 11) is -3.60. The maximum atomic E-state index is 13.1. The van der Waals surface area contributed by atoms with Gasteiger partial charge in [0.2, 0.25) is 10.0 Å². The van der Waals surface area contributed by atoms with Crippen LogP contribution in [0, 0.1) is 0 Å². The third kappa shape index (κ3) is 4.12. The van der Waals surface area contributed by atoms with Crippen LogP contribution in [0.15, 0.2) is 53.7 Å². The molecule has 1 aromatic carbocycles. The van der Waals surface area contributed by atoms with Gasteiger partial charge >= 0.3 is 6.09 Å². The maximum Gasteiger partial charge on any atom is 0.407 e. The molecule has 2 aliphatic rings. The van der Waals surface area contributed by atoms with E-state index in [-0.39, 0.29) is 4.90 Å². The number of aromatic amines is 1. The van der Waals surface area contributed by atoms with Crippen LogP contribution in [0.2, 0.25) is 0 Å². The number of carboxylic acid groups (broad SMARTS) is 1. The molecule has 0 saturated carbocycles. The van der Waals surface area contributed by atoms with E-state index < -0.39 is 16.1 Å². The Labute approximate surface area is 191 Å². The van der Waals surface area contributed by atoms with E-state index in [2.05, 4.69) is 9.97 Å². The average Bonchev–Trinajstić information content (AvgIpc) is 3.28. The number of amides is 1. The number of benzene rings is 1. The quantitative estimate of drug-likeness (QED) is 0.608. The summed E-state index contributed by atoms with van der Waals surface area (Å²) in [6.07, 6.45) is 5.26. The van der Waals surface area contributed by atoms with Crippen molar-refractivity contribution in [1.82, 2.24) is 19.2 Å². The molecule has 10 heteroatoms. The first-order valence-electron chi connectivity index (χ1n) is 10.8. The zero-order valence-corrected chi connectivity index (χ0v) is 18.7. The van der Waals surface area contributed by atoms with Crippen LogP contribution in [0.4, 0.5) is 4.79 Å². The van der Waals surface area contributed by atoms with E-state index in [0.29, 0.717) is 45.8 Å². The predicted octanol–water partition coefficient (Wildman–Crippen LogP) is 3.02. The molecule has 1 fully saturated rings. The fraction of sp³-hybridized carbons (Fsp3) is 0.304. The van der Waals surface area contributed by atoms with Crippen molar-refractivity contribution < 1.29 is 23.1 Å². The van der Waals surface area contributed by atoms with Gasteiger partial charge < -0.3 is 19.7 Å². The molecule has 2 aliphatic heterocycles. The van der Waals surface area contributed by atoms with Gasteiger partial charge in [-0.25, -0.2) is 18.2 Å². The van der Waals surface area contributed by atoms with Gasteiger partial charge in [0.1, 0.15) is 5.65 Å². The van der Waals surface area contributed by atoms with Crippen LogP contribution < -0.4 is 0 Å². The summed E-state index contributed by atoms with van der Waals surface area (Å²) >= 11 is 0. The molecule has 9 nitrogen and oxygen atoms in total. The number of sulfonamides is 1. The minimum absolute atomic E-state index is 0.250. The molecule has 33 heavy (non-hydrogen) atoms. The number of hydrogen-bond acceptors (Lipinski definition) is 5. The lowest BCUT2D eigenvalue weighted by atomic mass is 9.98. The molecule has 0 unspecified atom stereocenters. The number of H-pyrrole nitrogens is 1. The Morgan fingerprint density at radius 3 is 2.67 bits per heavy atom. The van der Waals surface area contributed by atoms with E-state index in [1.165, 1.54) is 9.21 Å². The van der Waals surface area contributed by atoms with Gasteiger partial charge in [-0.1, -0.05) is 18.2 Å². The van der Waals surface area contributed by atoms with Crippen LogP contribution in [0.25, 0.3) is 27.7 Å². The lowest BCUT2D eigenvalue weighted by Gasteiger charge is -2.26. The molecule has 4 heterocycles.